The number of esters is 1. The van der Waals surface area contributed by atoms with Crippen LogP contribution in [-0.2, 0) is 28.7 Å². The number of likely N-dealkylation sites (tertiary alicyclic amines) is 1. The number of amides is 3. The average Bonchev–Trinajstić information content (AvgIpc) is 3.43. The molecule has 0 saturated carbocycles. The lowest BCUT2D eigenvalue weighted by atomic mass is 9.77. The number of benzene rings is 1. The number of aliphatic hydroxyl groups is 1. The standard InChI is InChI=1S/C36H49N3O7/c1-3-4-12-21-38-22-15-20-36-30(33(42)39(32(36)34(38)43)23-13-5-6-14-24-40)29-27(46-36)18-10-11-19-28(41)37-25(2)31(45-35(29)44)26-16-8-7-9-17-26/h7-10,15-18,20,25,27,29-32,40H,3-6,11-14,19,21-24H2,1-2H3,(H,37,41)/b18-10-/t25-,27-,29+,30+,31+,32-,36+/m0/s1. The first-order chi connectivity index (χ1) is 22.3. The van der Waals surface area contributed by atoms with E-state index in [1.54, 1.807) is 11.0 Å². The van der Waals surface area contributed by atoms with E-state index in [9.17, 15) is 24.3 Å². The number of fused-ring (bicyclic) bond motifs is 2. The SMILES string of the molecule is CCCCCN1CC=C[C@@]23O[C@H]4/C=C\CCC(=O)N[C@@H](C)[C@H](c5ccccc5)OC(=O)[C@H]4[C@@H]2C(=O)N(CCCCCCO)[C@H]3C1=O. The Morgan fingerprint density at radius 2 is 1.72 bits per heavy atom. The Labute approximate surface area is 272 Å². The van der Waals surface area contributed by atoms with Gasteiger partial charge in [-0.25, -0.2) is 0 Å². The van der Waals surface area contributed by atoms with E-state index in [1.807, 2.05) is 60.4 Å². The number of carbonyl (C=O) groups excluding carboxylic acids is 4. The van der Waals surface area contributed by atoms with Crippen LogP contribution in [0.3, 0.4) is 0 Å². The minimum atomic E-state index is -1.33. The van der Waals surface area contributed by atoms with Crippen molar-refractivity contribution in [2.45, 2.75) is 102 Å². The highest BCUT2D eigenvalue weighted by molar-refractivity contribution is 5.99. The predicted octanol–water partition coefficient (Wildman–Crippen LogP) is 3.85. The largest absolute Gasteiger partial charge is 0.455 e. The van der Waals surface area contributed by atoms with Crippen LogP contribution in [0.1, 0.15) is 83.3 Å². The Hall–Kier alpha value is -3.50. The van der Waals surface area contributed by atoms with Gasteiger partial charge in [-0.3, -0.25) is 19.2 Å². The fourth-order valence-corrected chi connectivity index (χ4v) is 7.49. The Morgan fingerprint density at radius 1 is 0.957 bits per heavy atom. The molecule has 46 heavy (non-hydrogen) atoms. The number of hydrogen-bond acceptors (Lipinski definition) is 7. The maximum Gasteiger partial charge on any atom is 0.313 e. The molecule has 0 aromatic heterocycles. The summed E-state index contributed by atoms with van der Waals surface area (Å²) in [7, 11) is 0. The number of cyclic esters (lactones) is 1. The molecule has 2 fully saturated rings. The molecule has 1 spiro atoms. The van der Waals surface area contributed by atoms with Crippen molar-refractivity contribution >= 4 is 23.7 Å². The van der Waals surface area contributed by atoms with E-state index in [-0.39, 0.29) is 30.7 Å². The van der Waals surface area contributed by atoms with Gasteiger partial charge in [0.2, 0.25) is 17.7 Å². The van der Waals surface area contributed by atoms with Crippen molar-refractivity contribution in [1.29, 1.82) is 0 Å². The molecular formula is C36H49N3O7. The summed E-state index contributed by atoms with van der Waals surface area (Å²) in [5.74, 6) is -3.11. The van der Waals surface area contributed by atoms with Crippen molar-refractivity contribution in [3.8, 4) is 0 Å². The minimum Gasteiger partial charge on any atom is -0.455 e. The van der Waals surface area contributed by atoms with Gasteiger partial charge in [0.1, 0.15) is 23.7 Å². The molecule has 4 heterocycles. The van der Waals surface area contributed by atoms with Gasteiger partial charge in [-0.2, -0.15) is 0 Å². The summed E-state index contributed by atoms with van der Waals surface area (Å²) in [6.07, 6.45) is 12.3. The number of nitrogens with zero attached hydrogens (tertiary/aromatic N) is 2. The van der Waals surface area contributed by atoms with Crippen molar-refractivity contribution in [2.75, 3.05) is 26.2 Å². The molecule has 5 rings (SSSR count). The molecule has 10 nitrogen and oxygen atoms in total. The van der Waals surface area contributed by atoms with Crippen LogP contribution < -0.4 is 5.32 Å². The van der Waals surface area contributed by atoms with Crippen molar-refractivity contribution < 1.29 is 33.8 Å². The van der Waals surface area contributed by atoms with E-state index >= 15 is 0 Å². The Kier molecular flexibility index (Phi) is 11.3. The van der Waals surface area contributed by atoms with E-state index in [0.29, 0.717) is 38.9 Å². The third-order valence-corrected chi connectivity index (χ3v) is 9.77. The predicted molar refractivity (Wildman–Crippen MR) is 172 cm³/mol. The molecule has 0 aliphatic carbocycles. The summed E-state index contributed by atoms with van der Waals surface area (Å²) in [6.45, 7) is 5.39. The number of ether oxygens (including phenoxy) is 2. The van der Waals surface area contributed by atoms with Crippen LogP contribution >= 0.6 is 0 Å². The Bertz CT molecular complexity index is 1300. The zero-order chi connectivity index (χ0) is 32.7. The maximum absolute atomic E-state index is 14.5. The van der Waals surface area contributed by atoms with Gasteiger partial charge in [0, 0.05) is 32.7 Å². The van der Waals surface area contributed by atoms with Gasteiger partial charge in [0.15, 0.2) is 0 Å². The summed E-state index contributed by atoms with van der Waals surface area (Å²) in [6, 6.07) is 7.86. The van der Waals surface area contributed by atoms with Crippen LogP contribution in [0.5, 0.6) is 0 Å². The first-order valence-corrected chi connectivity index (χ1v) is 17.1. The molecule has 7 atom stereocenters. The lowest BCUT2D eigenvalue weighted by Gasteiger charge is -2.35. The maximum atomic E-state index is 14.5. The second-order valence-electron chi connectivity index (χ2n) is 13.0. The Balaban J connectivity index is 1.53. The smallest absolute Gasteiger partial charge is 0.313 e. The van der Waals surface area contributed by atoms with E-state index in [1.165, 1.54) is 0 Å². The summed E-state index contributed by atoms with van der Waals surface area (Å²) in [5, 5.41) is 12.2. The average molecular weight is 636 g/mol. The van der Waals surface area contributed by atoms with Crippen LogP contribution in [0, 0.1) is 11.8 Å². The first kappa shape index (κ1) is 33.9. The monoisotopic (exact) mass is 635 g/mol. The fraction of sp³-hybridized carbons (Fsp3) is 0.611. The number of aliphatic hydroxyl groups excluding tert-OH is 1. The lowest BCUT2D eigenvalue weighted by Crippen LogP contribution is -2.55. The quantitative estimate of drug-likeness (QED) is 0.215. The second kappa shape index (κ2) is 15.4. The highest BCUT2D eigenvalue weighted by Crippen LogP contribution is 2.53. The van der Waals surface area contributed by atoms with Crippen LogP contribution in [0.25, 0.3) is 0 Å². The lowest BCUT2D eigenvalue weighted by molar-refractivity contribution is -0.161. The van der Waals surface area contributed by atoms with Gasteiger partial charge < -0.3 is 29.7 Å². The Morgan fingerprint density at radius 3 is 2.48 bits per heavy atom. The number of unbranched alkanes of at least 4 members (excludes halogenated alkanes) is 5. The second-order valence-corrected chi connectivity index (χ2v) is 13.0. The normalized spacial score (nSPS) is 32.1. The minimum absolute atomic E-state index is 0.116. The number of carbonyl (C=O) groups is 4. The van der Waals surface area contributed by atoms with E-state index < -0.39 is 47.7 Å². The van der Waals surface area contributed by atoms with Crippen molar-refractivity contribution in [2.24, 2.45) is 11.8 Å². The molecule has 0 radical (unpaired) electrons. The molecule has 0 bridgehead atoms. The molecule has 2 N–H and O–H groups in total. The highest BCUT2D eigenvalue weighted by atomic mass is 16.6. The first-order valence-electron chi connectivity index (χ1n) is 17.1. The van der Waals surface area contributed by atoms with E-state index in [4.69, 9.17) is 9.47 Å². The van der Waals surface area contributed by atoms with Crippen molar-refractivity contribution in [3.05, 3.63) is 60.2 Å². The summed E-state index contributed by atoms with van der Waals surface area (Å²) in [4.78, 5) is 59.5. The number of allylic oxidation sites excluding steroid dienone is 1. The molecule has 1 aromatic rings. The van der Waals surface area contributed by atoms with E-state index in [0.717, 1.165) is 37.7 Å². The van der Waals surface area contributed by atoms with Crippen LogP contribution in [0.2, 0.25) is 0 Å². The van der Waals surface area contributed by atoms with Crippen molar-refractivity contribution in [1.82, 2.24) is 15.1 Å². The molecule has 0 unspecified atom stereocenters. The van der Waals surface area contributed by atoms with Crippen LogP contribution in [0.4, 0.5) is 0 Å². The zero-order valence-electron chi connectivity index (χ0n) is 27.1. The molecule has 1 aromatic carbocycles. The summed E-state index contributed by atoms with van der Waals surface area (Å²) < 4.78 is 13.0. The van der Waals surface area contributed by atoms with Crippen LogP contribution in [-0.4, -0.2) is 88.6 Å². The summed E-state index contributed by atoms with van der Waals surface area (Å²) >= 11 is 0. The molecule has 10 heteroatoms. The van der Waals surface area contributed by atoms with E-state index in [2.05, 4.69) is 12.2 Å². The van der Waals surface area contributed by atoms with Gasteiger partial charge in [-0.15, -0.1) is 0 Å². The van der Waals surface area contributed by atoms with Gasteiger partial charge in [0.05, 0.1) is 18.1 Å². The fourth-order valence-electron chi connectivity index (χ4n) is 7.49. The molecular weight excluding hydrogens is 586 g/mol. The molecule has 4 aliphatic heterocycles. The number of hydrogen-bond donors (Lipinski definition) is 2. The third-order valence-electron chi connectivity index (χ3n) is 9.77. The van der Waals surface area contributed by atoms with Gasteiger partial charge >= 0.3 is 5.97 Å². The van der Waals surface area contributed by atoms with Gasteiger partial charge in [-0.1, -0.05) is 87.2 Å². The topological polar surface area (TPSA) is 125 Å². The summed E-state index contributed by atoms with van der Waals surface area (Å²) in [5.41, 5.74) is -0.603. The van der Waals surface area contributed by atoms with Crippen molar-refractivity contribution in [3.63, 3.8) is 0 Å². The van der Waals surface area contributed by atoms with Gasteiger partial charge in [-0.05, 0) is 38.2 Å². The molecule has 3 amide bonds. The van der Waals surface area contributed by atoms with Gasteiger partial charge in [0.25, 0.3) is 0 Å². The zero-order valence-corrected chi connectivity index (χ0v) is 27.1. The molecule has 4 aliphatic rings. The highest BCUT2D eigenvalue weighted by Gasteiger charge is 2.71. The molecule has 2 saturated heterocycles. The number of rotatable bonds is 11. The number of nitrogens with one attached hydrogen (secondary N) is 1. The third kappa shape index (κ3) is 6.93. The van der Waals surface area contributed by atoms with Crippen LogP contribution in [0.15, 0.2) is 54.6 Å². The molecule has 250 valence electrons.